The van der Waals surface area contributed by atoms with E-state index in [0.717, 1.165) is 11.3 Å². The minimum absolute atomic E-state index is 0.0157. The molecule has 2 aromatic carbocycles. The average molecular weight is 498 g/mol. The molecule has 1 aliphatic rings. The standard InChI is InChI=1S/C26H31N3O5S/c1-17-9-12-22(33-5)20(15-17)26(14-13-25(3,27-4)16-34-26)24(30)29-35(31,32)23-8-6-7-21-19(23)11-10-18(2)28-21/h6-12,15,27H,13-14,16H2,1-5H3,(H,29,30). The van der Waals surface area contributed by atoms with E-state index in [0.29, 0.717) is 28.6 Å². The summed E-state index contributed by atoms with van der Waals surface area (Å²) in [6, 6.07) is 13.7. The summed E-state index contributed by atoms with van der Waals surface area (Å²) in [5, 5.41) is 3.67. The fraction of sp³-hybridized carbons (Fsp3) is 0.385. The number of hydrogen-bond donors (Lipinski definition) is 2. The Labute approximate surface area is 206 Å². The highest BCUT2D eigenvalue weighted by Gasteiger charge is 2.50. The Balaban J connectivity index is 1.79. The molecule has 1 saturated heterocycles. The van der Waals surface area contributed by atoms with Crippen molar-refractivity contribution >= 4 is 26.8 Å². The highest BCUT2D eigenvalue weighted by molar-refractivity contribution is 7.90. The lowest BCUT2D eigenvalue weighted by Gasteiger charge is -2.44. The molecule has 2 atom stereocenters. The van der Waals surface area contributed by atoms with Gasteiger partial charge in [-0.3, -0.25) is 9.78 Å². The molecule has 0 aliphatic carbocycles. The van der Waals surface area contributed by atoms with Crippen molar-refractivity contribution in [2.75, 3.05) is 20.8 Å². The molecular weight excluding hydrogens is 466 g/mol. The fourth-order valence-electron chi connectivity index (χ4n) is 4.45. The maximum absolute atomic E-state index is 13.9. The number of pyridine rings is 1. The fourth-order valence-corrected chi connectivity index (χ4v) is 5.69. The zero-order valence-corrected chi connectivity index (χ0v) is 21.5. The summed E-state index contributed by atoms with van der Waals surface area (Å²) in [5.74, 6) is -0.294. The summed E-state index contributed by atoms with van der Waals surface area (Å²) in [7, 11) is -0.881. The Bertz CT molecular complexity index is 1380. The van der Waals surface area contributed by atoms with Crippen LogP contribution in [0.4, 0.5) is 0 Å². The van der Waals surface area contributed by atoms with Crippen LogP contribution in [-0.4, -0.2) is 45.6 Å². The highest BCUT2D eigenvalue weighted by atomic mass is 32.2. The topological polar surface area (TPSA) is 107 Å². The van der Waals surface area contributed by atoms with Gasteiger partial charge in [-0.05, 0) is 77.1 Å². The molecule has 1 aromatic heterocycles. The van der Waals surface area contributed by atoms with E-state index in [-0.39, 0.29) is 23.5 Å². The van der Waals surface area contributed by atoms with Gasteiger partial charge >= 0.3 is 0 Å². The number of ether oxygens (including phenoxy) is 2. The number of amides is 1. The number of nitrogens with one attached hydrogen (secondary N) is 2. The normalized spacial score (nSPS) is 22.7. The summed E-state index contributed by atoms with van der Waals surface area (Å²) in [4.78, 5) is 18.3. The smallest absolute Gasteiger partial charge is 0.270 e. The van der Waals surface area contributed by atoms with Gasteiger partial charge in [0.15, 0.2) is 5.60 Å². The predicted octanol–water partition coefficient (Wildman–Crippen LogP) is 3.35. The van der Waals surface area contributed by atoms with Crippen molar-refractivity contribution in [1.29, 1.82) is 0 Å². The van der Waals surface area contributed by atoms with E-state index in [1.165, 1.54) is 13.2 Å². The Kier molecular flexibility index (Phi) is 6.61. The van der Waals surface area contributed by atoms with E-state index in [9.17, 15) is 13.2 Å². The molecule has 0 bridgehead atoms. The first-order valence-corrected chi connectivity index (χ1v) is 12.9. The maximum Gasteiger partial charge on any atom is 0.270 e. The first-order valence-electron chi connectivity index (χ1n) is 11.5. The molecule has 1 amide bonds. The van der Waals surface area contributed by atoms with E-state index in [1.54, 1.807) is 30.3 Å². The molecule has 0 spiro atoms. The van der Waals surface area contributed by atoms with Crippen LogP contribution < -0.4 is 14.8 Å². The molecule has 1 fully saturated rings. The summed E-state index contributed by atoms with van der Waals surface area (Å²) in [6.45, 7) is 5.95. The van der Waals surface area contributed by atoms with Crippen molar-refractivity contribution < 1.29 is 22.7 Å². The molecule has 3 aromatic rings. The van der Waals surface area contributed by atoms with Gasteiger partial charge in [-0.1, -0.05) is 17.7 Å². The number of benzene rings is 2. The molecule has 8 nitrogen and oxygen atoms in total. The second-order valence-electron chi connectivity index (χ2n) is 9.34. The van der Waals surface area contributed by atoms with Crippen molar-refractivity contribution in [3.05, 3.63) is 65.4 Å². The first-order chi connectivity index (χ1) is 16.5. The molecule has 2 unspecified atom stereocenters. The number of methoxy groups -OCH3 is 1. The number of fused-ring (bicyclic) bond motifs is 1. The number of carbonyl (C=O) groups excluding carboxylic acids is 1. The predicted molar refractivity (Wildman–Crippen MR) is 134 cm³/mol. The summed E-state index contributed by atoms with van der Waals surface area (Å²) < 4.78 is 41.1. The van der Waals surface area contributed by atoms with Crippen LogP contribution in [0.1, 0.15) is 36.6 Å². The van der Waals surface area contributed by atoms with Crippen LogP contribution in [0.5, 0.6) is 5.75 Å². The number of sulfonamides is 1. The Morgan fingerprint density at radius 1 is 1.11 bits per heavy atom. The minimum atomic E-state index is -4.23. The number of nitrogens with zero attached hydrogens (tertiary/aromatic N) is 1. The third kappa shape index (κ3) is 4.63. The molecule has 4 rings (SSSR count). The molecule has 35 heavy (non-hydrogen) atoms. The molecule has 2 heterocycles. The SMILES string of the molecule is CNC1(C)CCC(C(=O)NS(=O)(=O)c2cccc3nc(C)ccc23)(c2cc(C)ccc2OC)OC1. The molecule has 2 N–H and O–H groups in total. The first kappa shape index (κ1) is 25.1. The quantitative estimate of drug-likeness (QED) is 0.538. The minimum Gasteiger partial charge on any atom is -0.496 e. The molecule has 0 radical (unpaired) electrons. The lowest BCUT2D eigenvalue weighted by molar-refractivity contribution is -0.161. The van der Waals surface area contributed by atoms with Crippen LogP contribution in [-0.2, 0) is 25.2 Å². The van der Waals surface area contributed by atoms with Gasteiger partial charge in [0.1, 0.15) is 5.75 Å². The third-order valence-corrected chi connectivity index (χ3v) is 8.16. The van der Waals surface area contributed by atoms with Gasteiger partial charge in [0.05, 0.1) is 24.1 Å². The van der Waals surface area contributed by atoms with Crippen LogP contribution >= 0.6 is 0 Å². The second kappa shape index (κ2) is 9.22. The van der Waals surface area contributed by atoms with E-state index < -0.39 is 21.5 Å². The highest BCUT2D eigenvalue weighted by Crippen LogP contribution is 2.43. The molecule has 9 heteroatoms. The zero-order chi connectivity index (χ0) is 25.4. The number of aryl methyl sites for hydroxylation is 2. The summed E-state index contributed by atoms with van der Waals surface area (Å²) >= 11 is 0. The van der Waals surface area contributed by atoms with Crippen molar-refractivity contribution in [3.63, 3.8) is 0 Å². The number of rotatable bonds is 6. The van der Waals surface area contributed by atoms with E-state index >= 15 is 0 Å². The van der Waals surface area contributed by atoms with Gasteiger partial charge in [-0.25, -0.2) is 13.1 Å². The van der Waals surface area contributed by atoms with Crippen LogP contribution in [0.25, 0.3) is 10.9 Å². The van der Waals surface area contributed by atoms with E-state index in [2.05, 4.69) is 15.0 Å². The third-order valence-electron chi connectivity index (χ3n) is 6.77. The van der Waals surface area contributed by atoms with Gasteiger partial charge in [0, 0.05) is 22.2 Å². The Morgan fingerprint density at radius 2 is 1.89 bits per heavy atom. The van der Waals surface area contributed by atoms with Crippen molar-refractivity contribution in [2.45, 2.75) is 49.6 Å². The largest absolute Gasteiger partial charge is 0.496 e. The molecule has 1 aliphatic heterocycles. The van der Waals surface area contributed by atoms with Crippen LogP contribution in [0.15, 0.2) is 53.4 Å². The molecular formula is C26H31N3O5S. The zero-order valence-electron chi connectivity index (χ0n) is 20.6. The van der Waals surface area contributed by atoms with Crippen LogP contribution in [0.2, 0.25) is 0 Å². The second-order valence-corrected chi connectivity index (χ2v) is 11.0. The summed E-state index contributed by atoms with van der Waals surface area (Å²) in [5.41, 5.74) is 0.816. The Hall–Kier alpha value is -3.01. The average Bonchev–Trinajstić information content (AvgIpc) is 2.83. The van der Waals surface area contributed by atoms with Gasteiger partial charge in [0.2, 0.25) is 0 Å². The summed E-state index contributed by atoms with van der Waals surface area (Å²) in [6.07, 6.45) is 0.854. The van der Waals surface area contributed by atoms with Crippen LogP contribution in [0.3, 0.4) is 0 Å². The van der Waals surface area contributed by atoms with Crippen molar-refractivity contribution in [1.82, 2.24) is 15.0 Å². The van der Waals surface area contributed by atoms with Crippen molar-refractivity contribution in [3.8, 4) is 5.75 Å². The molecule has 0 saturated carbocycles. The lowest BCUT2D eigenvalue weighted by atomic mass is 9.79. The van der Waals surface area contributed by atoms with Crippen LogP contribution in [0, 0.1) is 13.8 Å². The number of likely N-dealkylation sites (N-methyl/N-ethyl adjacent to an activating group) is 1. The maximum atomic E-state index is 13.9. The number of hydrogen-bond acceptors (Lipinski definition) is 7. The van der Waals surface area contributed by atoms with E-state index in [4.69, 9.17) is 9.47 Å². The van der Waals surface area contributed by atoms with Gasteiger partial charge < -0.3 is 14.8 Å². The van der Waals surface area contributed by atoms with Gasteiger partial charge in [0.25, 0.3) is 15.9 Å². The number of aromatic nitrogens is 1. The van der Waals surface area contributed by atoms with E-state index in [1.807, 2.05) is 40.0 Å². The molecule has 186 valence electrons. The Morgan fingerprint density at radius 3 is 2.54 bits per heavy atom. The lowest BCUT2D eigenvalue weighted by Crippen LogP contribution is -2.57. The monoisotopic (exact) mass is 497 g/mol. The van der Waals surface area contributed by atoms with Gasteiger partial charge in [-0.15, -0.1) is 0 Å². The van der Waals surface area contributed by atoms with Gasteiger partial charge in [-0.2, -0.15) is 0 Å². The van der Waals surface area contributed by atoms with Crippen molar-refractivity contribution in [2.24, 2.45) is 0 Å². The number of carbonyl (C=O) groups is 1.